The molecule has 2 aromatic rings. The largest absolute Gasteiger partial charge is 0.344 e. The van der Waals surface area contributed by atoms with Crippen LogP contribution in [0.1, 0.15) is 11.1 Å². The monoisotopic (exact) mass is 190 g/mol. The first-order valence-electron chi connectivity index (χ1n) is 3.91. The van der Waals surface area contributed by atoms with Crippen LogP contribution in [-0.4, -0.2) is 4.98 Å². The molecule has 1 aromatic heterocycles. The molecule has 0 bridgehead atoms. The van der Waals surface area contributed by atoms with E-state index in [1.165, 1.54) is 0 Å². The molecule has 3 heteroatoms. The lowest BCUT2D eigenvalue weighted by Gasteiger charge is -1.93. The average molecular weight is 191 g/mol. The third-order valence-electron chi connectivity index (χ3n) is 2.11. The summed E-state index contributed by atoms with van der Waals surface area (Å²) in [7, 11) is 0. The molecule has 0 fully saturated rings. The van der Waals surface area contributed by atoms with E-state index in [-0.39, 0.29) is 0 Å². The van der Waals surface area contributed by atoms with E-state index >= 15 is 0 Å². The Kier molecular flexibility index (Phi) is 1.75. The lowest BCUT2D eigenvalue weighted by molar-refractivity contribution is 1.41. The quantitative estimate of drug-likeness (QED) is 0.682. The number of nitrogens with one attached hydrogen (secondary N) is 1. The van der Waals surface area contributed by atoms with Crippen molar-refractivity contribution in [2.45, 2.75) is 6.92 Å². The molecule has 0 saturated heterocycles. The topological polar surface area (TPSA) is 39.6 Å². The lowest BCUT2D eigenvalue weighted by atomic mass is 10.1. The molecule has 1 N–H and O–H groups in total. The predicted octanol–water partition coefficient (Wildman–Crippen LogP) is 3.00. The summed E-state index contributed by atoms with van der Waals surface area (Å²) in [6, 6.07) is 7.88. The number of halogens is 1. The van der Waals surface area contributed by atoms with Gasteiger partial charge in [-0.3, -0.25) is 0 Å². The van der Waals surface area contributed by atoms with Crippen molar-refractivity contribution in [3.05, 3.63) is 34.5 Å². The van der Waals surface area contributed by atoms with Gasteiger partial charge in [0.1, 0.15) is 11.2 Å². The van der Waals surface area contributed by atoms with Crippen LogP contribution in [0.4, 0.5) is 0 Å². The highest BCUT2D eigenvalue weighted by Gasteiger charge is 2.09. The first kappa shape index (κ1) is 8.15. The second-order valence-corrected chi connectivity index (χ2v) is 3.30. The Hall–Kier alpha value is -1.46. The minimum absolute atomic E-state index is 0.423. The first-order valence-corrected chi connectivity index (χ1v) is 4.28. The Bertz CT molecular complexity index is 505. The Morgan fingerprint density at radius 3 is 2.92 bits per heavy atom. The molecule has 2 rings (SSSR count). The molecule has 2 nitrogen and oxygen atoms in total. The zero-order valence-corrected chi connectivity index (χ0v) is 7.81. The van der Waals surface area contributed by atoms with Gasteiger partial charge in [0.05, 0.1) is 11.1 Å². The van der Waals surface area contributed by atoms with E-state index in [0.29, 0.717) is 10.7 Å². The number of aryl methyl sites for hydroxylation is 1. The van der Waals surface area contributed by atoms with Crippen LogP contribution >= 0.6 is 11.6 Å². The van der Waals surface area contributed by atoms with Crippen LogP contribution in [-0.2, 0) is 0 Å². The molecule has 13 heavy (non-hydrogen) atoms. The fourth-order valence-corrected chi connectivity index (χ4v) is 1.68. The third kappa shape index (κ3) is 1.09. The molecular formula is C10H7ClN2. The third-order valence-corrected chi connectivity index (χ3v) is 2.39. The Morgan fingerprint density at radius 1 is 1.46 bits per heavy atom. The normalized spacial score (nSPS) is 10.2. The molecule has 1 aromatic carbocycles. The van der Waals surface area contributed by atoms with Gasteiger partial charge in [-0.2, -0.15) is 5.26 Å². The zero-order chi connectivity index (χ0) is 9.42. The molecule has 0 aliphatic carbocycles. The van der Waals surface area contributed by atoms with Gasteiger partial charge in [0, 0.05) is 5.39 Å². The molecule has 0 aliphatic heterocycles. The van der Waals surface area contributed by atoms with Crippen molar-refractivity contribution in [3.63, 3.8) is 0 Å². The highest BCUT2D eigenvalue weighted by Crippen LogP contribution is 2.26. The van der Waals surface area contributed by atoms with Crippen molar-refractivity contribution in [2.24, 2.45) is 0 Å². The van der Waals surface area contributed by atoms with Crippen molar-refractivity contribution >= 4 is 22.5 Å². The van der Waals surface area contributed by atoms with Gasteiger partial charge in [0.15, 0.2) is 0 Å². The summed E-state index contributed by atoms with van der Waals surface area (Å²) in [5.41, 5.74) is 2.57. The standard InChI is InChI=1S/C10H7ClN2/c1-6-3-2-4-7-8(5-12)10(11)13-9(6)7/h2-4,13H,1H3. The second kappa shape index (κ2) is 2.79. The number of aromatic amines is 1. The molecule has 0 amide bonds. The maximum Gasteiger partial charge on any atom is 0.125 e. The number of benzene rings is 1. The molecule has 0 aliphatic rings. The number of hydrogen-bond donors (Lipinski definition) is 1. The SMILES string of the molecule is Cc1cccc2c(C#N)c(Cl)[nH]c12. The van der Waals surface area contributed by atoms with Gasteiger partial charge >= 0.3 is 0 Å². The van der Waals surface area contributed by atoms with Crippen LogP contribution in [0.2, 0.25) is 5.15 Å². The molecule has 0 radical (unpaired) electrons. The van der Waals surface area contributed by atoms with Gasteiger partial charge in [-0.05, 0) is 12.5 Å². The maximum atomic E-state index is 8.84. The maximum absolute atomic E-state index is 8.84. The summed E-state index contributed by atoms with van der Waals surface area (Å²) in [6.07, 6.45) is 0. The lowest BCUT2D eigenvalue weighted by Crippen LogP contribution is -1.74. The van der Waals surface area contributed by atoms with Crippen LogP contribution < -0.4 is 0 Å². The number of hydrogen-bond acceptors (Lipinski definition) is 1. The van der Waals surface area contributed by atoms with Crippen LogP contribution in [0.3, 0.4) is 0 Å². The fourth-order valence-electron chi connectivity index (χ4n) is 1.44. The van der Waals surface area contributed by atoms with Crippen molar-refractivity contribution in [3.8, 4) is 6.07 Å². The minimum Gasteiger partial charge on any atom is -0.344 e. The van der Waals surface area contributed by atoms with Gasteiger partial charge in [-0.15, -0.1) is 0 Å². The van der Waals surface area contributed by atoms with E-state index in [9.17, 15) is 0 Å². The molecule has 1 heterocycles. The minimum atomic E-state index is 0.423. The molecule has 0 saturated carbocycles. The Morgan fingerprint density at radius 2 is 2.23 bits per heavy atom. The van der Waals surface area contributed by atoms with Crippen LogP contribution in [0.5, 0.6) is 0 Å². The van der Waals surface area contributed by atoms with Crippen molar-refractivity contribution in [1.82, 2.24) is 4.98 Å². The average Bonchev–Trinajstić information content (AvgIpc) is 2.43. The number of fused-ring (bicyclic) bond motifs is 1. The van der Waals surface area contributed by atoms with Gasteiger partial charge in [0.25, 0.3) is 0 Å². The number of H-pyrrole nitrogens is 1. The van der Waals surface area contributed by atoms with Gasteiger partial charge < -0.3 is 4.98 Å². The van der Waals surface area contributed by atoms with E-state index in [0.717, 1.165) is 16.5 Å². The highest BCUT2D eigenvalue weighted by atomic mass is 35.5. The van der Waals surface area contributed by atoms with Crippen molar-refractivity contribution < 1.29 is 0 Å². The summed E-state index contributed by atoms with van der Waals surface area (Å²) in [6.45, 7) is 1.98. The molecule has 64 valence electrons. The summed E-state index contributed by atoms with van der Waals surface area (Å²) < 4.78 is 0. The number of rotatable bonds is 0. The van der Waals surface area contributed by atoms with Crippen LogP contribution in [0.25, 0.3) is 10.9 Å². The first-order chi connectivity index (χ1) is 6.24. The van der Waals surface area contributed by atoms with Gasteiger partial charge in [-0.1, -0.05) is 29.8 Å². The van der Waals surface area contributed by atoms with Crippen LogP contribution in [0.15, 0.2) is 18.2 Å². The van der Waals surface area contributed by atoms with Gasteiger partial charge in [-0.25, -0.2) is 0 Å². The Labute approximate surface area is 80.7 Å². The molecule has 0 unspecified atom stereocenters. The molecular weight excluding hydrogens is 184 g/mol. The number of nitrogens with zero attached hydrogens (tertiary/aromatic N) is 1. The predicted molar refractivity (Wildman–Crippen MR) is 52.8 cm³/mol. The van der Waals surface area contributed by atoms with Crippen molar-refractivity contribution in [1.29, 1.82) is 5.26 Å². The number of para-hydroxylation sites is 1. The highest BCUT2D eigenvalue weighted by molar-refractivity contribution is 6.32. The molecule has 0 atom stereocenters. The smallest absolute Gasteiger partial charge is 0.125 e. The summed E-state index contributed by atoms with van der Waals surface area (Å²) in [5.74, 6) is 0. The van der Waals surface area contributed by atoms with E-state index in [1.807, 2.05) is 25.1 Å². The summed E-state index contributed by atoms with van der Waals surface area (Å²) in [5, 5.41) is 10.2. The van der Waals surface area contributed by atoms with E-state index in [4.69, 9.17) is 16.9 Å². The molecule has 0 spiro atoms. The number of nitriles is 1. The summed E-state index contributed by atoms with van der Waals surface area (Å²) >= 11 is 5.86. The van der Waals surface area contributed by atoms with E-state index in [1.54, 1.807) is 0 Å². The van der Waals surface area contributed by atoms with Crippen molar-refractivity contribution in [2.75, 3.05) is 0 Å². The van der Waals surface area contributed by atoms with E-state index < -0.39 is 0 Å². The van der Waals surface area contributed by atoms with Crippen LogP contribution in [0, 0.1) is 18.3 Å². The zero-order valence-electron chi connectivity index (χ0n) is 7.06. The fraction of sp³-hybridized carbons (Fsp3) is 0.100. The number of aromatic nitrogens is 1. The van der Waals surface area contributed by atoms with E-state index in [2.05, 4.69) is 11.1 Å². The Balaban J connectivity index is 2.96. The second-order valence-electron chi connectivity index (χ2n) is 2.92. The van der Waals surface area contributed by atoms with Gasteiger partial charge in [0.2, 0.25) is 0 Å². The summed E-state index contributed by atoms with van der Waals surface area (Å²) in [4.78, 5) is 2.99.